The first-order chi connectivity index (χ1) is 11.7. The minimum Gasteiger partial charge on any atom is -0.337 e. The molecule has 1 atom stereocenters. The molecule has 3 heterocycles. The van der Waals surface area contributed by atoms with Gasteiger partial charge in [0, 0.05) is 49.2 Å². The van der Waals surface area contributed by atoms with Gasteiger partial charge in [0.15, 0.2) is 5.69 Å². The van der Waals surface area contributed by atoms with E-state index in [2.05, 4.69) is 21.4 Å². The predicted octanol–water partition coefficient (Wildman–Crippen LogP) is 2.43. The maximum Gasteiger partial charge on any atom is 0.274 e. The molecule has 2 aromatic rings. The first-order valence-electron chi connectivity index (χ1n) is 9.07. The van der Waals surface area contributed by atoms with Gasteiger partial charge in [-0.3, -0.25) is 14.6 Å². The highest BCUT2D eigenvalue weighted by Crippen LogP contribution is 2.28. The van der Waals surface area contributed by atoms with Crippen molar-refractivity contribution < 1.29 is 4.79 Å². The lowest BCUT2D eigenvalue weighted by molar-refractivity contribution is 0.0697. The van der Waals surface area contributed by atoms with E-state index in [0.717, 1.165) is 45.2 Å². The van der Waals surface area contributed by atoms with Crippen LogP contribution in [0.4, 0.5) is 0 Å². The average molecular weight is 327 g/mol. The largest absolute Gasteiger partial charge is 0.337 e. The second kappa shape index (κ2) is 6.42. The summed E-state index contributed by atoms with van der Waals surface area (Å²) < 4.78 is 1.93. The highest BCUT2D eigenvalue weighted by molar-refractivity contribution is 5.94. The number of nitrogens with zero attached hydrogens (tertiary/aromatic N) is 4. The standard InChI is InChI=1S/C18H25N5O/c1-22-16(9-10-19-22)13-6-5-11-23(12-13)18(24)17-14-7-3-2-4-8-15(14)20-21-17/h9-10,13H,2-8,11-12H2,1H3,(H,20,21). The zero-order valence-corrected chi connectivity index (χ0v) is 14.3. The molecule has 0 spiro atoms. The Morgan fingerprint density at radius 3 is 2.96 bits per heavy atom. The summed E-state index contributed by atoms with van der Waals surface area (Å²) in [7, 11) is 1.98. The fraction of sp³-hybridized carbons (Fsp3) is 0.611. The van der Waals surface area contributed by atoms with Crippen molar-refractivity contribution in [2.45, 2.75) is 50.9 Å². The van der Waals surface area contributed by atoms with Gasteiger partial charge in [-0.1, -0.05) is 6.42 Å². The molecule has 24 heavy (non-hydrogen) atoms. The van der Waals surface area contributed by atoms with E-state index < -0.39 is 0 Å². The van der Waals surface area contributed by atoms with Crippen molar-refractivity contribution in [2.75, 3.05) is 13.1 Å². The molecule has 1 unspecified atom stereocenters. The van der Waals surface area contributed by atoms with Crippen LogP contribution in [0.1, 0.15) is 65.5 Å². The number of carbonyl (C=O) groups excluding carboxylic acids is 1. The number of amides is 1. The Kier molecular flexibility index (Phi) is 4.12. The number of H-pyrrole nitrogens is 1. The van der Waals surface area contributed by atoms with Gasteiger partial charge in [-0.15, -0.1) is 0 Å². The second-order valence-corrected chi connectivity index (χ2v) is 7.06. The van der Waals surface area contributed by atoms with Crippen LogP contribution in [-0.2, 0) is 19.9 Å². The summed E-state index contributed by atoms with van der Waals surface area (Å²) in [5.74, 6) is 0.467. The van der Waals surface area contributed by atoms with Gasteiger partial charge in [-0.2, -0.15) is 10.2 Å². The number of likely N-dealkylation sites (tertiary alicyclic amines) is 1. The topological polar surface area (TPSA) is 66.8 Å². The van der Waals surface area contributed by atoms with Crippen molar-refractivity contribution in [3.05, 3.63) is 34.9 Å². The lowest BCUT2D eigenvalue weighted by atomic mass is 9.94. The first kappa shape index (κ1) is 15.4. The second-order valence-electron chi connectivity index (χ2n) is 7.06. The predicted molar refractivity (Wildman–Crippen MR) is 90.9 cm³/mol. The molecule has 1 aliphatic heterocycles. The summed E-state index contributed by atoms with van der Waals surface area (Å²) >= 11 is 0. The van der Waals surface area contributed by atoms with Crippen molar-refractivity contribution >= 4 is 5.91 Å². The van der Waals surface area contributed by atoms with Crippen LogP contribution >= 0.6 is 0 Å². The third kappa shape index (κ3) is 2.74. The van der Waals surface area contributed by atoms with Gasteiger partial charge in [0.25, 0.3) is 5.91 Å². The summed E-state index contributed by atoms with van der Waals surface area (Å²) in [5, 5.41) is 11.8. The van der Waals surface area contributed by atoms with Crippen molar-refractivity contribution in [2.24, 2.45) is 7.05 Å². The number of aryl methyl sites for hydroxylation is 2. The SMILES string of the molecule is Cn1nccc1C1CCCN(C(=O)c2n[nH]c3c2CCCCC3)C1. The van der Waals surface area contributed by atoms with Crippen LogP contribution in [0.3, 0.4) is 0 Å². The van der Waals surface area contributed by atoms with Crippen LogP contribution in [0.25, 0.3) is 0 Å². The molecule has 6 nitrogen and oxygen atoms in total. The number of aromatic nitrogens is 4. The molecule has 1 N–H and O–H groups in total. The smallest absolute Gasteiger partial charge is 0.274 e. The Balaban J connectivity index is 1.54. The molecule has 1 amide bonds. The molecule has 1 fully saturated rings. The van der Waals surface area contributed by atoms with E-state index in [9.17, 15) is 4.79 Å². The van der Waals surface area contributed by atoms with Gasteiger partial charge in [0.05, 0.1) is 0 Å². The molecule has 0 saturated carbocycles. The molecule has 6 heteroatoms. The Labute approximate surface area is 142 Å². The molecule has 2 aliphatic rings. The van der Waals surface area contributed by atoms with Crippen LogP contribution in [0, 0.1) is 0 Å². The van der Waals surface area contributed by atoms with Gasteiger partial charge in [-0.05, 0) is 44.6 Å². The maximum atomic E-state index is 13.1. The lowest BCUT2D eigenvalue weighted by Crippen LogP contribution is -2.40. The summed E-state index contributed by atoms with van der Waals surface area (Å²) in [4.78, 5) is 15.1. The van der Waals surface area contributed by atoms with Crippen molar-refractivity contribution in [3.8, 4) is 0 Å². The Bertz CT molecular complexity index is 732. The van der Waals surface area contributed by atoms with Crippen LogP contribution in [0.2, 0.25) is 0 Å². The summed E-state index contributed by atoms with van der Waals surface area (Å²) in [6.07, 6.45) is 9.57. The van der Waals surface area contributed by atoms with Gasteiger partial charge in [0.1, 0.15) is 0 Å². The van der Waals surface area contributed by atoms with E-state index in [1.165, 1.54) is 29.8 Å². The highest BCUT2D eigenvalue weighted by atomic mass is 16.2. The summed E-state index contributed by atoms with van der Waals surface area (Å²) in [6, 6.07) is 2.07. The number of rotatable bonds is 2. The van der Waals surface area contributed by atoms with Crippen LogP contribution < -0.4 is 0 Å². The van der Waals surface area contributed by atoms with E-state index in [1.54, 1.807) is 0 Å². The summed E-state index contributed by atoms with van der Waals surface area (Å²) in [6.45, 7) is 1.59. The normalized spacial score (nSPS) is 21.4. The Morgan fingerprint density at radius 2 is 2.12 bits per heavy atom. The molecule has 0 bridgehead atoms. The van der Waals surface area contributed by atoms with Gasteiger partial charge in [-0.25, -0.2) is 0 Å². The first-order valence-corrected chi connectivity index (χ1v) is 9.07. The van der Waals surface area contributed by atoms with Gasteiger partial charge in [0.2, 0.25) is 0 Å². The van der Waals surface area contributed by atoms with E-state index in [-0.39, 0.29) is 5.91 Å². The molecular weight excluding hydrogens is 302 g/mol. The molecule has 0 radical (unpaired) electrons. The van der Waals surface area contributed by atoms with E-state index in [1.807, 2.05) is 22.8 Å². The quantitative estimate of drug-likeness (QED) is 0.862. The van der Waals surface area contributed by atoms with Crippen molar-refractivity contribution in [1.29, 1.82) is 0 Å². The molecule has 4 rings (SSSR count). The average Bonchev–Trinajstić information content (AvgIpc) is 3.14. The summed E-state index contributed by atoms with van der Waals surface area (Å²) in [5.41, 5.74) is 4.22. The number of piperidine rings is 1. The fourth-order valence-electron chi connectivity index (χ4n) is 4.17. The highest BCUT2D eigenvalue weighted by Gasteiger charge is 2.30. The fourth-order valence-corrected chi connectivity index (χ4v) is 4.17. The number of aromatic amines is 1. The zero-order valence-electron chi connectivity index (χ0n) is 14.3. The van der Waals surface area contributed by atoms with Gasteiger partial charge >= 0.3 is 0 Å². The maximum absolute atomic E-state index is 13.1. The minimum atomic E-state index is 0.0984. The van der Waals surface area contributed by atoms with Crippen molar-refractivity contribution in [1.82, 2.24) is 24.9 Å². The molecule has 128 valence electrons. The van der Waals surface area contributed by atoms with Crippen LogP contribution in [-0.4, -0.2) is 43.9 Å². The number of fused-ring (bicyclic) bond motifs is 1. The third-order valence-electron chi connectivity index (χ3n) is 5.49. The van der Waals surface area contributed by atoms with E-state index >= 15 is 0 Å². The lowest BCUT2D eigenvalue weighted by Gasteiger charge is -2.32. The Morgan fingerprint density at radius 1 is 1.25 bits per heavy atom. The number of hydrogen-bond acceptors (Lipinski definition) is 3. The number of nitrogens with one attached hydrogen (secondary N) is 1. The van der Waals surface area contributed by atoms with E-state index in [0.29, 0.717) is 11.6 Å². The third-order valence-corrected chi connectivity index (χ3v) is 5.49. The van der Waals surface area contributed by atoms with E-state index in [4.69, 9.17) is 0 Å². The van der Waals surface area contributed by atoms with Crippen LogP contribution in [0.5, 0.6) is 0 Å². The van der Waals surface area contributed by atoms with Crippen molar-refractivity contribution in [3.63, 3.8) is 0 Å². The molecule has 2 aromatic heterocycles. The molecular formula is C18H25N5O. The molecule has 1 saturated heterocycles. The Hall–Kier alpha value is -2.11. The molecule has 1 aliphatic carbocycles. The number of hydrogen-bond donors (Lipinski definition) is 1. The zero-order chi connectivity index (χ0) is 16.5. The monoisotopic (exact) mass is 327 g/mol. The number of carbonyl (C=O) groups is 1. The van der Waals surface area contributed by atoms with Crippen LogP contribution in [0.15, 0.2) is 12.3 Å². The molecule has 0 aromatic carbocycles. The van der Waals surface area contributed by atoms with Gasteiger partial charge < -0.3 is 4.90 Å². The minimum absolute atomic E-state index is 0.0984.